The van der Waals surface area contributed by atoms with Gasteiger partial charge in [0, 0.05) is 23.7 Å². The lowest BCUT2D eigenvalue weighted by Gasteiger charge is -2.29. The van der Waals surface area contributed by atoms with E-state index in [1.165, 1.54) is 11.0 Å². The topological polar surface area (TPSA) is 58.6 Å². The molecule has 0 saturated carbocycles. The summed E-state index contributed by atoms with van der Waals surface area (Å²) in [5, 5.41) is 3.48. The fourth-order valence-electron chi connectivity index (χ4n) is 3.06. The molecule has 168 valence electrons. The Bertz CT molecular complexity index is 910. The number of rotatable bonds is 9. The van der Waals surface area contributed by atoms with Crippen molar-refractivity contribution in [1.82, 2.24) is 10.2 Å². The number of hydrogen-bond donors (Lipinski definition) is 1. The van der Waals surface area contributed by atoms with Crippen molar-refractivity contribution in [1.29, 1.82) is 0 Å². The van der Waals surface area contributed by atoms with Crippen molar-refractivity contribution in [2.24, 2.45) is 5.92 Å². The number of carbonyl (C=O) groups is 2. The van der Waals surface area contributed by atoms with Crippen LogP contribution >= 0.6 is 11.6 Å². The smallest absolute Gasteiger partial charge is 0.261 e. The van der Waals surface area contributed by atoms with Crippen LogP contribution in [0.3, 0.4) is 0 Å². The van der Waals surface area contributed by atoms with Crippen LogP contribution < -0.4 is 10.1 Å². The third-order valence-electron chi connectivity index (χ3n) is 4.92. The average Bonchev–Trinajstić information content (AvgIpc) is 2.72. The van der Waals surface area contributed by atoms with Gasteiger partial charge in [-0.25, -0.2) is 4.39 Å². The van der Waals surface area contributed by atoms with E-state index in [0.717, 1.165) is 11.1 Å². The minimum absolute atomic E-state index is 0.0379. The highest BCUT2D eigenvalue weighted by Gasteiger charge is 2.27. The Morgan fingerprint density at radius 2 is 1.74 bits per heavy atom. The van der Waals surface area contributed by atoms with Crippen LogP contribution in [-0.4, -0.2) is 35.9 Å². The van der Waals surface area contributed by atoms with Gasteiger partial charge in [-0.2, -0.15) is 0 Å². The lowest BCUT2D eigenvalue weighted by molar-refractivity contribution is -0.142. The molecule has 0 heterocycles. The molecule has 5 nitrogen and oxygen atoms in total. The van der Waals surface area contributed by atoms with Crippen molar-refractivity contribution in [2.45, 2.75) is 47.2 Å². The molecule has 0 aliphatic heterocycles. The maximum absolute atomic E-state index is 14.2. The van der Waals surface area contributed by atoms with Gasteiger partial charge < -0.3 is 15.0 Å². The molecule has 0 fully saturated rings. The van der Waals surface area contributed by atoms with Gasteiger partial charge >= 0.3 is 0 Å². The van der Waals surface area contributed by atoms with E-state index in [9.17, 15) is 14.0 Å². The quantitative estimate of drug-likeness (QED) is 0.606. The molecular weight excluding hydrogens is 419 g/mol. The maximum Gasteiger partial charge on any atom is 0.261 e. The Morgan fingerprint density at radius 3 is 2.32 bits per heavy atom. The Balaban J connectivity index is 2.19. The molecule has 0 bridgehead atoms. The molecule has 31 heavy (non-hydrogen) atoms. The number of nitrogens with one attached hydrogen (secondary N) is 1. The average molecular weight is 449 g/mol. The molecule has 2 aromatic carbocycles. The van der Waals surface area contributed by atoms with Crippen molar-refractivity contribution in [2.75, 3.05) is 13.2 Å². The monoisotopic (exact) mass is 448 g/mol. The molecule has 0 aromatic heterocycles. The zero-order valence-corrected chi connectivity index (χ0v) is 19.4. The normalized spacial score (nSPS) is 11.9. The number of ether oxygens (including phenoxy) is 1. The highest BCUT2D eigenvalue weighted by atomic mass is 35.5. The minimum Gasteiger partial charge on any atom is -0.484 e. The first-order chi connectivity index (χ1) is 14.6. The predicted molar refractivity (Wildman–Crippen MR) is 121 cm³/mol. The number of aryl methyl sites for hydroxylation is 2. The Kier molecular flexibility index (Phi) is 8.87. The highest BCUT2D eigenvalue weighted by Crippen LogP contribution is 2.26. The van der Waals surface area contributed by atoms with Crippen molar-refractivity contribution in [3.63, 3.8) is 0 Å². The van der Waals surface area contributed by atoms with E-state index in [4.69, 9.17) is 16.3 Å². The zero-order chi connectivity index (χ0) is 23.1. The molecule has 1 atom stereocenters. The van der Waals surface area contributed by atoms with Gasteiger partial charge in [0.1, 0.15) is 17.6 Å². The van der Waals surface area contributed by atoms with Crippen LogP contribution in [0.25, 0.3) is 0 Å². The van der Waals surface area contributed by atoms with E-state index in [-0.39, 0.29) is 25.0 Å². The number of carbonyl (C=O) groups excluding carboxylic acids is 2. The van der Waals surface area contributed by atoms with E-state index in [1.807, 2.05) is 27.7 Å². The molecule has 2 amide bonds. The van der Waals surface area contributed by atoms with Gasteiger partial charge in [0.05, 0.1) is 0 Å². The van der Waals surface area contributed by atoms with E-state index >= 15 is 0 Å². The number of benzene rings is 2. The molecule has 2 aromatic rings. The van der Waals surface area contributed by atoms with Gasteiger partial charge in [-0.1, -0.05) is 43.6 Å². The summed E-state index contributed by atoms with van der Waals surface area (Å²) in [6, 6.07) is 8.92. The highest BCUT2D eigenvalue weighted by molar-refractivity contribution is 6.32. The number of halogens is 2. The summed E-state index contributed by atoms with van der Waals surface area (Å²) >= 11 is 6.19. The number of nitrogens with zero attached hydrogens (tertiary/aromatic N) is 1. The molecule has 7 heteroatoms. The first kappa shape index (κ1) is 24.7. The summed E-state index contributed by atoms with van der Waals surface area (Å²) in [6.45, 7) is 9.48. The summed E-state index contributed by atoms with van der Waals surface area (Å²) in [4.78, 5) is 27.0. The van der Waals surface area contributed by atoms with Crippen LogP contribution in [0.2, 0.25) is 5.02 Å². The van der Waals surface area contributed by atoms with Crippen molar-refractivity contribution >= 4 is 23.4 Å². The Hall–Kier alpha value is -2.60. The van der Waals surface area contributed by atoms with Crippen molar-refractivity contribution < 1.29 is 18.7 Å². The van der Waals surface area contributed by atoms with Gasteiger partial charge in [-0.15, -0.1) is 0 Å². The van der Waals surface area contributed by atoms with Crippen LogP contribution in [-0.2, 0) is 16.1 Å². The van der Waals surface area contributed by atoms with Crippen molar-refractivity contribution in [3.05, 3.63) is 63.9 Å². The first-order valence-electron chi connectivity index (χ1n) is 10.3. The molecule has 0 saturated heterocycles. The standard InChI is InChI=1S/C24H30ClFN2O3/c1-15(2)12-27-24(30)18(5)28(13-19-8-6-7-9-21(19)26)22(29)14-31-20-10-16(3)23(25)17(4)11-20/h6-11,15,18H,12-14H2,1-5H3,(H,27,30). The van der Waals surface area contributed by atoms with Gasteiger partial charge in [-0.05, 0) is 56.0 Å². The summed E-state index contributed by atoms with van der Waals surface area (Å²) in [5.74, 6) is -0.362. The summed E-state index contributed by atoms with van der Waals surface area (Å²) in [7, 11) is 0. The maximum atomic E-state index is 14.2. The summed E-state index contributed by atoms with van der Waals surface area (Å²) in [6.07, 6.45) is 0. The van der Waals surface area contributed by atoms with Gasteiger partial charge in [0.2, 0.25) is 5.91 Å². The van der Waals surface area contributed by atoms with E-state index in [2.05, 4.69) is 5.32 Å². The van der Waals surface area contributed by atoms with Crippen LogP contribution in [0.15, 0.2) is 36.4 Å². The van der Waals surface area contributed by atoms with E-state index in [0.29, 0.717) is 22.9 Å². The number of amides is 2. The molecule has 0 aliphatic carbocycles. The van der Waals surface area contributed by atoms with E-state index < -0.39 is 17.8 Å². The third kappa shape index (κ3) is 6.96. The molecule has 0 radical (unpaired) electrons. The van der Waals surface area contributed by atoms with E-state index in [1.54, 1.807) is 37.3 Å². The predicted octanol–water partition coefficient (Wildman–Crippen LogP) is 4.66. The van der Waals surface area contributed by atoms with Crippen molar-refractivity contribution in [3.8, 4) is 5.75 Å². The van der Waals surface area contributed by atoms with Gasteiger partial charge in [0.15, 0.2) is 6.61 Å². The van der Waals surface area contributed by atoms with Crippen LogP contribution in [0.1, 0.15) is 37.5 Å². The zero-order valence-electron chi connectivity index (χ0n) is 18.7. The summed E-state index contributed by atoms with van der Waals surface area (Å²) in [5.41, 5.74) is 2.01. The second-order valence-corrected chi connectivity index (χ2v) is 8.47. The third-order valence-corrected chi connectivity index (χ3v) is 5.52. The second-order valence-electron chi connectivity index (χ2n) is 8.09. The fraction of sp³-hybridized carbons (Fsp3) is 0.417. The second kappa shape index (κ2) is 11.1. The Morgan fingerprint density at radius 1 is 1.13 bits per heavy atom. The molecule has 0 aliphatic rings. The summed E-state index contributed by atoms with van der Waals surface area (Å²) < 4.78 is 19.9. The SMILES string of the molecule is Cc1cc(OCC(=O)N(Cc2ccccc2F)C(C)C(=O)NCC(C)C)cc(C)c1Cl. The molecular formula is C24H30ClFN2O3. The van der Waals surface area contributed by atoms with Crippen LogP contribution in [0.4, 0.5) is 4.39 Å². The lowest BCUT2D eigenvalue weighted by atomic mass is 10.1. The molecule has 0 spiro atoms. The Labute approximate surface area is 188 Å². The molecule has 2 rings (SSSR count). The van der Waals surface area contributed by atoms with Crippen LogP contribution in [0, 0.1) is 25.6 Å². The molecule has 1 N–H and O–H groups in total. The van der Waals surface area contributed by atoms with Gasteiger partial charge in [-0.3, -0.25) is 9.59 Å². The largest absolute Gasteiger partial charge is 0.484 e. The first-order valence-corrected chi connectivity index (χ1v) is 10.7. The number of hydrogen-bond acceptors (Lipinski definition) is 3. The van der Waals surface area contributed by atoms with Gasteiger partial charge in [0.25, 0.3) is 5.91 Å². The minimum atomic E-state index is -0.789. The van der Waals surface area contributed by atoms with Crippen LogP contribution in [0.5, 0.6) is 5.75 Å². The fourth-order valence-corrected chi connectivity index (χ4v) is 3.17. The molecule has 1 unspecified atom stereocenters. The lowest BCUT2D eigenvalue weighted by Crippen LogP contribution is -2.49.